The second-order valence-electron chi connectivity index (χ2n) is 6.08. The monoisotopic (exact) mass is 334 g/mol. The highest BCUT2D eigenvalue weighted by molar-refractivity contribution is 6.14. The summed E-state index contributed by atoms with van der Waals surface area (Å²) in [5, 5.41) is 5.77. The summed E-state index contributed by atoms with van der Waals surface area (Å²) in [6, 6.07) is 14.5. The summed E-state index contributed by atoms with van der Waals surface area (Å²) in [5.74, 6) is 2.32. The van der Waals surface area contributed by atoms with Gasteiger partial charge in [-0.2, -0.15) is 4.57 Å². The number of rotatable bonds is 3. The molecule has 0 atom stereocenters. The van der Waals surface area contributed by atoms with E-state index in [1.165, 1.54) is 16.2 Å². The molecule has 126 valence electrons. The van der Waals surface area contributed by atoms with Crippen molar-refractivity contribution >= 4 is 32.4 Å². The third-order valence-electron chi connectivity index (χ3n) is 4.73. The number of fused-ring (bicyclic) bond motifs is 5. The van der Waals surface area contributed by atoms with Crippen LogP contribution in [0, 0.1) is 0 Å². The molecule has 1 aromatic heterocycles. The van der Waals surface area contributed by atoms with Gasteiger partial charge in [-0.1, -0.05) is 6.07 Å². The third kappa shape index (κ3) is 2.33. The first-order valence-electron chi connectivity index (χ1n) is 8.11. The van der Waals surface area contributed by atoms with E-state index in [4.69, 9.17) is 14.2 Å². The summed E-state index contributed by atoms with van der Waals surface area (Å²) in [7, 11) is 7.08. The van der Waals surface area contributed by atoms with Gasteiger partial charge in [0.25, 0.3) is 0 Å². The van der Waals surface area contributed by atoms with E-state index in [-0.39, 0.29) is 0 Å². The molecular weight excluding hydrogens is 314 g/mol. The number of hydrogen-bond donors (Lipinski definition) is 0. The molecular formula is C21H20NO3+. The van der Waals surface area contributed by atoms with Crippen molar-refractivity contribution in [3.63, 3.8) is 0 Å². The van der Waals surface area contributed by atoms with E-state index in [1.807, 2.05) is 18.2 Å². The summed E-state index contributed by atoms with van der Waals surface area (Å²) in [4.78, 5) is 0. The van der Waals surface area contributed by atoms with Crippen LogP contribution in [-0.2, 0) is 7.05 Å². The van der Waals surface area contributed by atoms with E-state index in [1.54, 1.807) is 21.3 Å². The summed E-state index contributed by atoms with van der Waals surface area (Å²) < 4.78 is 18.5. The second kappa shape index (κ2) is 5.81. The van der Waals surface area contributed by atoms with Crippen LogP contribution in [0.5, 0.6) is 17.2 Å². The Morgan fingerprint density at radius 1 is 0.680 bits per heavy atom. The second-order valence-corrected chi connectivity index (χ2v) is 6.08. The fraction of sp³-hybridized carbons (Fsp3) is 0.190. The lowest BCUT2D eigenvalue weighted by Crippen LogP contribution is -2.28. The molecule has 0 bridgehead atoms. The zero-order chi connectivity index (χ0) is 17.6. The van der Waals surface area contributed by atoms with Crippen molar-refractivity contribution in [2.75, 3.05) is 21.3 Å². The van der Waals surface area contributed by atoms with Crippen molar-refractivity contribution in [2.24, 2.45) is 7.05 Å². The topological polar surface area (TPSA) is 31.6 Å². The maximum Gasteiger partial charge on any atom is 0.220 e. The Bertz CT molecular complexity index is 1120. The SMILES string of the molecule is COc1ccc2c[n+](C)c3c4cc(OC)c(OC)cc4ccc3c2c1. The quantitative estimate of drug-likeness (QED) is 0.419. The molecule has 0 unspecified atom stereocenters. The summed E-state index contributed by atoms with van der Waals surface area (Å²) in [6.45, 7) is 0. The van der Waals surface area contributed by atoms with E-state index in [2.05, 4.69) is 42.1 Å². The van der Waals surface area contributed by atoms with Gasteiger partial charge in [-0.3, -0.25) is 0 Å². The third-order valence-corrected chi connectivity index (χ3v) is 4.73. The van der Waals surface area contributed by atoms with Crippen LogP contribution in [0.4, 0.5) is 0 Å². The molecule has 4 heteroatoms. The molecule has 4 nitrogen and oxygen atoms in total. The normalized spacial score (nSPS) is 11.2. The van der Waals surface area contributed by atoms with Gasteiger partial charge in [0.1, 0.15) is 12.8 Å². The number of methoxy groups -OCH3 is 3. The molecule has 0 fully saturated rings. The fourth-order valence-corrected chi connectivity index (χ4v) is 3.51. The first kappa shape index (κ1) is 15.5. The average Bonchev–Trinajstić information content (AvgIpc) is 2.66. The van der Waals surface area contributed by atoms with Gasteiger partial charge in [-0.05, 0) is 41.8 Å². The average molecular weight is 334 g/mol. The molecule has 0 saturated heterocycles. The molecule has 0 amide bonds. The first-order valence-corrected chi connectivity index (χ1v) is 8.11. The lowest BCUT2D eigenvalue weighted by molar-refractivity contribution is -0.642. The number of ether oxygens (including phenoxy) is 3. The van der Waals surface area contributed by atoms with Crippen LogP contribution in [0.15, 0.2) is 48.7 Å². The number of pyridine rings is 1. The van der Waals surface area contributed by atoms with Gasteiger partial charge in [-0.25, -0.2) is 0 Å². The van der Waals surface area contributed by atoms with Crippen molar-refractivity contribution in [1.29, 1.82) is 0 Å². The molecule has 0 N–H and O–H groups in total. The standard InChI is InChI=1S/C21H20NO3/c1-22-12-14-5-7-15(23-2)10-17(14)16-8-6-13-9-19(24-3)20(25-4)11-18(13)21(16)22/h5-12H,1-4H3/q+1. The molecule has 4 aromatic rings. The van der Waals surface area contributed by atoms with Crippen molar-refractivity contribution < 1.29 is 18.8 Å². The highest BCUT2D eigenvalue weighted by Gasteiger charge is 2.17. The number of benzene rings is 3. The molecule has 4 rings (SSSR count). The summed E-state index contributed by atoms with van der Waals surface area (Å²) >= 11 is 0. The van der Waals surface area contributed by atoms with Gasteiger partial charge < -0.3 is 14.2 Å². The minimum absolute atomic E-state index is 0.730. The number of hydrogen-bond acceptors (Lipinski definition) is 3. The Kier molecular flexibility index (Phi) is 3.61. The minimum Gasteiger partial charge on any atom is -0.497 e. The van der Waals surface area contributed by atoms with E-state index in [0.717, 1.165) is 33.5 Å². The number of aromatic nitrogens is 1. The predicted octanol–water partition coefficient (Wildman–Crippen LogP) is 4.00. The van der Waals surface area contributed by atoms with Gasteiger partial charge in [0, 0.05) is 10.8 Å². The number of nitrogens with zero attached hydrogens (tertiary/aromatic N) is 1. The molecule has 25 heavy (non-hydrogen) atoms. The maximum absolute atomic E-state index is 5.50. The molecule has 0 saturated carbocycles. The Balaban J connectivity index is 2.18. The largest absolute Gasteiger partial charge is 0.497 e. The number of aryl methyl sites for hydroxylation is 1. The molecule has 0 aliphatic heterocycles. The van der Waals surface area contributed by atoms with Gasteiger partial charge in [-0.15, -0.1) is 0 Å². The molecule has 0 aliphatic rings. The lowest BCUT2D eigenvalue weighted by Gasteiger charge is -2.11. The highest BCUT2D eigenvalue weighted by atomic mass is 16.5. The molecule has 3 aromatic carbocycles. The van der Waals surface area contributed by atoms with E-state index in [9.17, 15) is 0 Å². The highest BCUT2D eigenvalue weighted by Crippen LogP contribution is 2.36. The minimum atomic E-state index is 0.730. The lowest BCUT2D eigenvalue weighted by atomic mass is 10.0. The maximum atomic E-state index is 5.50. The van der Waals surface area contributed by atoms with Crippen molar-refractivity contribution in [1.82, 2.24) is 0 Å². The van der Waals surface area contributed by atoms with Crippen molar-refractivity contribution in [2.45, 2.75) is 0 Å². The fourth-order valence-electron chi connectivity index (χ4n) is 3.51. The smallest absolute Gasteiger partial charge is 0.220 e. The predicted molar refractivity (Wildman–Crippen MR) is 99.8 cm³/mol. The Morgan fingerprint density at radius 2 is 1.40 bits per heavy atom. The van der Waals surface area contributed by atoms with E-state index >= 15 is 0 Å². The van der Waals surface area contributed by atoms with Crippen LogP contribution >= 0.6 is 0 Å². The van der Waals surface area contributed by atoms with Crippen LogP contribution in [0.25, 0.3) is 32.4 Å². The molecule has 0 spiro atoms. The van der Waals surface area contributed by atoms with E-state index < -0.39 is 0 Å². The van der Waals surface area contributed by atoms with Gasteiger partial charge in [0.2, 0.25) is 5.52 Å². The van der Waals surface area contributed by atoms with E-state index in [0.29, 0.717) is 0 Å². The van der Waals surface area contributed by atoms with Gasteiger partial charge in [0.05, 0.1) is 32.1 Å². The Labute approximate surface area is 146 Å². The summed E-state index contributed by atoms with van der Waals surface area (Å²) in [6.07, 6.45) is 2.15. The first-order chi connectivity index (χ1) is 12.2. The van der Waals surface area contributed by atoms with Crippen LogP contribution in [0.2, 0.25) is 0 Å². The van der Waals surface area contributed by atoms with Crippen LogP contribution in [0.3, 0.4) is 0 Å². The Morgan fingerprint density at radius 3 is 2.12 bits per heavy atom. The van der Waals surface area contributed by atoms with Crippen molar-refractivity contribution in [3.05, 3.63) is 48.7 Å². The molecule has 0 radical (unpaired) electrons. The Hall–Kier alpha value is -3.01. The summed E-state index contributed by atoms with van der Waals surface area (Å²) in [5.41, 5.74) is 1.15. The van der Waals surface area contributed by atoms with Crippen LogP contribution < -0.4 is 18.8 Å². The van der Waals surface area contributed by atoms with Gasteiger partial charge >= 0.3 is 0 Å². The van der Waals surface area contributed by atoms with Crippen molar-refractivity contribution in [3.8, 4) is 17.2 Å². The zero-order valence-electron chi connectivity index (χ0n) is 14.8. The molecule has 0 aliphatic carbocycles. The molecule has 1 heterocycles. The van der Waals surface area contributed by atoms with Gasteiger partial charge in [0.15, 0.2) is 17.7 Å². The van der Waals surface area contributed by atoms with Crippen LogP contribution in [0.1, 0.15) is 0 Å². The zero-order valence-corrected chi connectivity index (χ0v) is 14.8. The van der Waals surface area contributed by atoms with Crippen LogP contribution in [-0.4, -0.2) is 21.3 Å².